The van der Waals surface area contributed by atoms with Crippen molar-refractivity contribution in [1.82, 2.24) is 28.5 Å². The standard InChI is InChI=1S/C20H31N7O4/c1-23-18-16(19(29)24(2)20(23)30)27(8-7-25-9-11-31-12-10-25)15(22-18)13-26-5-3-14(4-6-26)17(21)28/h14H,3-13H2,1-2H3,(H2,21,28). The first-order valence-electron chi connectivity index (χ1n) is 10.8. The second-order valence-electron chi connectivity index (χ2n) is 8.46. The van der Waals surface area contributed by atoms with Gasteiger partial charge in [-0.2, -0.15) is 0 Å². The summed E-state index contributed by atoms with van der Waals surface area (Å²) in [5, 5.41) is 0. The fourth-order valence-corrected chi connectivity index (χ4v) is 4.49. The molecule has 2 saturated heterocycles. The highest BCUT2D eigenvalue weighted by molar-refractivity contribution is 5.76. The largest absolute Gasteiger partial charge is 0.379 e. The number of hydrogen-bond acceptors (Lipinski definition) is 7. The summed E-state index contributed by atoms with van der Waals surface area (Å²) in [6, 6.07) is 0. The minimum atomic E-state index is -0.385. The fraction of sp³-hybridized carbons (Fsp3) is 0.700. The predicted molar refractivity (Wildman–Crippen MR) is 115 cm³/mol. The normalized spacial score (nSPS) is 19.3. The Labute approximate surface area is 180 Å². The average Bonchev–Trinajstić information content (AvgIpc) is 3.14. The van der Waals surface area contributed by atoms with E-state index in [0.717, 1.165) is 56.0 Å². The Hall–Kier alpha value is -2.50. The number of ether oxygens (including phenoxy) is 1. The van der Waals surface area contributed by atoms with E-state index in [-0.39, 0.29) is 23.1 Å². The molecule has 4 rings (SSSR count). The summed E-state index contributed by atoms with van der Waals surface area (Å²) in [5.74, 6) is 0.444. The number of rotatable bonds is 6. The van der Waals surface area contributed by atoms with Crippen molar-refractivity contribution in [2.45, 2.75) is 25.9 Å². The maximum atomic E-state index is 13.0. The Bertz CT molecular complexity index is 1070. The summed E-state index contributed by atoms with van der Waals surface area (Å²) < 4.78 is 9.97. The van der Waals surface area contributed by atoms with Crippen LogP contribution in [0.15, 0.2) is 9.59 Å². The first-order valence-corrected chi connectivity index (χ1v) is 10.8. The number of nitrogens with zero attached hydrogens (tertiary/aromatic N) is 6. The Kier molecular flexibility index (Phi) is 6.26. The summed E-state index contributed by atoms with van der Waals surface area (Å²) in [7, 11) is 3.14. The third-order valence-corrected chi connectivity index (χ3v) is 6.53. The molecule has 0 unspecified atom stereocenters. The van der Waals surface area contributed by atoms with Crippen LogP contribution < -0.4 is 17.0 Å². The van der Waals surface area contributed by atoms with Gasteiger partial charge in [0.2, 0.25) is 5.91 Å². The molecular formula is C20H31N7O4. The van der Waals surface area contributed by atoms with Crippen LogP contribution in [0.2, 0.25) is 0 Å². The van der Waals surface area contributed by atoms with Gasteiger partial charge in [-0.25, -0.2) is 9.78 Å². The van der Waals surface area contributed by atoms with Gasteiger partial charge in [-0.3, -0.25) is 28.5 Å². The van der Waals surface area contributed by atoms with E-state index < -0.39 is 0 Å². The summed E-state index contributed by atoms with van der Waals surface area (Å²) >= 11 is 0. The lowest BCUT2D eigenvalue weighted by Crippen LogP contribution is -2.40. The van der Waals surface area contributed by atoms with Gasteiger partial charge < -0.3 is 15.0 Å². The highest BCUT2D eigenvalue weighted by Gasteiger charge is 2.26. The van der Waals surface area contributed by atoms with E-state index in [2.05, 4.69) is 9.80 Å². The number of carbonyl (C=O) groups is 1. The van der Waals surface area contributed by atoms with Gasteiger partial charge in [-0.15, -0.1) is 0 Å². The SMILES string of the molecule is Cn1c(=O)c2c(nc(CN3CCC(C(N)=O)CC3)n2CCN2CCOCC2)n(C)c1=O. The molecule has 4 heterocycles. The summed E-state index contributed by atoms with van der Waals surface area (Å²) in [5.41, 5.74) is 5.62. The predicted octanol–water partition coefficient (Wildman–Crippen LogP) is -1.54. The van der Waals surface area contributed by atoms with Crippen LogP contribution in [0.5, 0.6) is 0 Å². The number of aryl methyl sites for hydroxylation is 1. The lowest BCUT2D eigenvalue weighted by molar-refractivity contribution is -0.123. The van der Waals surface area contributed by atoms with Crippen LogP contribution in [0.1, 0.15) is 18.7 Å². The molecule has 0 spiro atoms. The molecule has 1 amide bonds. The third kappa shape index (κ3) is 4.30. The Morgan fingerprint density at radius 2 is 1.71 bits per heavy atom. The minimum absolute atomic E-state index is 0.0792. The zero-order valence-electron chi connectivity index (χ0n) is 18.2. The Morgan fingerprint density at radius 1 is 1.03 bits per heavy atom. The van der Waals surface area contributed by atoms with Crippen molar-refractivity contribution < 1.29 is 9.53 Å². The molecule has 0 aliphatic carbocycles. The van der Waals surface area contributed by atoms with Crippen molar-refractivity contribution in [1.29, 1.82) is 0 Å². The summed E-state index contributed by atoms with van der Waals surface area (Å²) in [6.07, 6.45) is 1.45. The van der Waals surface area contributed by atoms with E-state index in [1.165, 1.54) is 11.6 Å². The summed E-state index contributed by atoms with van der Waals surface area (Å²) in [6.45, 7) is 6.58. The van der Waals surface area contributed by atoms with Crippen molar-refractivity contribution in [3.63, 3.8) is 0 Å². The number of fused-ring (bicyclic) bond motifs is 1. The molecule has 2 aromatic rings. The van der Waals surface area contributed by atoms with Gasteiger partial charge in [0.25, 0.3) is 5.56 Å². The van der Waals surface area contributed by atoms with Crippen molar-refractivity contribution in [2.75, 3.05) is 45.9 Å². The van der Waals surface area contributed by atoms with Crippen molar-refractivity contribution in [3.8, 4) is 0 Å². The molecule has 2 fully saturated rings. The second-order valence-corrected chi connectivity index (χ2v) is 8.46. The van der Waals surface area contributed by atoms with E-state index >= 15 is 0 Å². The third-order valence-electron chi connectivity index (χ3n) is 6.53. The number of imidazole rings is 1. The smallest absolute Gasteiger partial charge is 0.332 e. The Balaban J connectivity index is 1.65. The molecule has 0 atom stereocenters. The van der Waals surface area contributed by atoms with Gasteiger partial charge in [0.05, 0.1) is 19.8 Å². The van der Waals surface area contributed by atoms with Crippen LogP contribution in [0, 0.1) is 5.92 Å². The molecule has 0 radical (unpaired) electrons. The maximum absolute atomic E-state index is 13.0. The lowest BCUT2D eigenvalue weighted by atomic mass is 9.96. The lowest BCUT2D eigenvalue weighted by Gasteiger charge is -2.30. The molecule has 170 valence electrons. The molecule has 2 aromatic heterocycles. The van der Waals surface area contributed by atoms with E-state index in [1.54, 1.807) is 7.05 Å². The van der Waals surface area contributed by atoms with Gasteiger partial charge >= 0.3 is 5.69 Å². The molecule has 0 bridgehead atoms. The number of likely N-dealkylation sites (tertiary alicyclic amines) is 1. The van der Waals surface area contributed by atoms with Gasteiger partial charge in [-0.1, -0.05) is 0 Å². The monoisotopic (exact) mass is 433 g/mol. The average molecular weight is 434 g/mol. The first kappa shape index (κ1) is 21.7. The van der Waals surface area contributed by atoms with Gasteiger partial charge in [-0.05, 0) is 25.9 Å². The van der Waals surface area contributed by atoms with E-state index in [1.807, 2.05) is 4.57 Å². The molecule has 2 aliphatic rings. The minimum Gasteiger partial charge on any atom is -0.379 e. The number of aromatic nitrogens is 4. The quantitative estimate of drug-likeness (QED) is 0.586. The second kappa shape index (κ2) is 8.93. The zero-order valence-corrected chi connectivity index (χ0v) is 18.2. The van der Waals surface area contributed by atoms with E-state index in [9.17, 15) is 14.4 Å². The molecular weight excluding hydrogens is 402 g/mol. The highest BCUT2D eigenvalue weighted by Crippen LogP contribution is 2.20. The Morgan fingerprint density at radius 3 is 2.35 bits per heavy atom. The van der Waals surface area contributed by atoms with Crippen molar-refractivity contribution in [3.05, 3.63) is 26.7 Å². The number of carbonyl (C=O) groups excluding carboxylic acids is 1. The number of hydrogen-bond donors (Lipinski definition) is 1. The van der Waals surface area contributed by atoms with Gasteiger partial charge in [0, 0.05) is 46.2 Å². The molecule has 2 aliphatic heterocycles. The van der Waals surface area contributed by atoms with Crippen LogP contribution >= 0.6 is 0 Å². The molecule has 0 saturated carbocycles. The number of nitrogens with two attached hydrogens (primary N) is 1. The number of amides is 1. The van der Waals surface area contributed by atoms with Crippen LogP contribution in [0.25, 0.3) is 11.2 Å². The molecule has 31 heavy (non-hydrogen) atoms. The van der Waals surface area contributed by atoms with Crippen LogP contribution in [0.3, 0.4) is 0 Å². The van der Waals surface area contributed by atoms with E-state index in [4.69, 9.17) is 15.5 Å². The maximum Gasteiger partial charge on any atom is 0.332 e. The topological polar surface area (TPSA) is 121 Å². The molecule has 11 heteroatoms. The zero-order chi connectivity index (χ0) is 22.1. The fourth-order valence-electron chi connectivity index (χ4n) is 4.49. The molecule has 11 nitrogen and oxygen atoms in total. The van der Waals surface area contributed by atoms with Gasteiger partial charge in [0.15, 0.2) is 11.2 Å². The molecule has 2 N–H and O–H groups in total. The van der Waals surface area contributed by atoms with Crippen LogP contribution in [0.4, 0.5) is 0 Å². The summed E-state index contributed by atoms with van der Waals surface area (Å²) in [4.78, 5) is 46.1. The molecule has 0 aromatic carbocycles. The van der Waals surface area contributed by atoms with Crippen molar-refractivity contribution in [2.24, 2.45) is 25.7 Å². The number of morpholine rings is 1. The number of primary amides is 1. The first-order chi connectivity index (χ1) is 14.9. The highest BCUT2D eigenvalue weighted by atomic mass is 16.5. The van der Waals surface area contributed by atoms with E-state index in [0.29, 0.717) is 37.5 Å². The van der Waals surface area contributed by atoms with Crippen molar-refractivity contribution >= 4 is 17.1 Å². The number of piperidine rings is 1. The van der Waals surface area contributed by atoms with Gasteiger partial charge in [0.1, 0.15) is 5.82 Å². The van der Waals surface area contributed by atoms with Crippen LogP contribution in [-0.4, -0.2) is 80.3 Å². The van der Waals surface area contributed by atoms with Crippen LogP contribution in [-0.2, 0) is 36.7 Å².